The van der Waals surface area contributed by atoms with Gasteiger partial charge in [-0.25, -0.2) is 0 Å². The highest BCUT2D eigenvalue weighted by Crippen LogP contribution is 2.20. The Bertz CT molecular complexity index is 345. The lowest BCUT2D eigenvalue weighted by Gasteiger charge is -2.21. The predicted octanol–water partition coefficient (Wildman–Crippen LogP) is 3.30. The molecule has 0 atom stereocenters. The Labute approximate surface area is 106 Å². The highest BCUT2D eigenvalue weighted by Gasteiger charge is 2.16. The van der Waals surface area contributed by atoms with E-state index < -0.39 is 0 Å². The van der Waals surface area contributed by atoms with Crippen molar-refractivity contribution in [3.8, 4) is 0 Å². The maximum atomic E-state index is 4.50. The minimum atomic E-state index is 0.154. The van der Waals surface area contributed by atoms with Crippen LogP contribution in [-0.4, -0.2) is 15.3 Å². The maximum Gasteiger partial charge on any atom is 0.0537 e. The Kier molecular flexibility index (Phi) is 4.75. The zero-order valence-electron chi connectivity index (χ0n) is 12.2. The van der Waals surface area contributed by atoms with Crippen molar-refractivity contribution in [3.05, 3.63) is 17.5 Å². The summed E-state index contributed by atoms with van der Waals surface area (Å²) < 4.78 is 2.16. The Balaban J connectivity index is 2.84. The van der Waals surface area contributed by atoms with Crippen LogP contribution in [0.15, 0.2) is 6.20 Å². The van der Waals surface area contributed by atoms with Gasteiger partial charge in [0, 0.05) is 29.9 Å². The van der Waals surface area contributed by atoms with Crippen molar-refractivity contribution in [2.45, 2.75) is 72.5 Å². The number of hydrogen-bond donors (Lipinski definition) is 1. The van der Waals surface area contributed by atoms with Gasteiger partial charge in [-0.3, -0.25) is 4.68 Å². The summed E-state index contributed by atoms with van der Waals surface area (Å²) in [6.45, 7) is 15.2. The van der Waals surface area contributed by atoms with Gasteiger partial charge in [0.25, 0.3) is 0 Å². The Hall–Kier alpha value is -0.830. The van der Waals surface area contributed by atoms with Crippen LogP contribution in [0.3, 0.4) is 0 Å². The minimum Gasteiger partial charge on any atom is -0.308 e. The summed E-state index contributed by atoms with van der Waals surface area (Å²) >= 11 is 0. The first kappa shape index (κ1) is 14.2. The molecule has 0 fully saturated rings. The number of aromatic nitrogens is 2. The third-order valence-corrected chi connectivity index (χ3v) is 2.75. The lowest BCUT2D eigenvalue weighted by molar-refractivity contribution is 0.422. The van der Waals surface area contributed by atoms with Crippen molar-refractivity contribution >= 4 is 0 Å². The zero-order valence-corrected chi connectivity index (χ0v) is 12.2. The van der Waals surface area contributed by atoms with Crippen LogP contribution in [0, 0.1) is 0 Å². The van der Waals surface area contributed by atoms with Crippen LogP contribution in [0.4, 0.5) is 0 Å². The monoisotopic (exact) mass is 237 g/mol. The SMILES string of the molecule is CCCn1ncc(CNC(C)(C)C)c1C(C)C. The first-order valence-corrected chi connectivity index (χ1v) is 6.64. The molecule has 1 aromatic heterocycles. The molecule has 17 heavy (non-hydrogen) atoms. The van der Waals surface area contributed by atoms with E-state index in [0.717, 1.165) is 19.5 Å². The number of nitrogens with one attached hydrogen (secondary N) is 1. The van der Waals surface area contributed by atoms with Gasteiger partial charge in [0.05, 0.1) is 6.20 Å². The second-order valence-corrected chi connectivity index (χ2v) is 6.04. The first-order chi connectivity index (χ1) is 7.85. The number of rotatable bonds is 5. The summed E-state index contributed by atoms with van der Waals surface area (Å²) in [6, 6.07) is 0. The van der Waals surface area contributed by atoms with Gasteiger partial charge in [-0.1, -0.05) is 20.8 Å². The van der Waals surface area contributed by atoms with E-state index in [1.165, 1.54) is 11.3 Å². The van der Waals surface area contributed by atoms with E-state index in [0.29, 0.717) is 5.92 Å². The van der Waals surface area contributed by atoms with Crippen LogP contribution >= 0.6 is 0 Å². The molecule has 0 bridgehead atoms. The van der Waals surface area contributed by atoms with E-state index in [9.17, 15) is 0 Å². The van der Waals surface area contributed by atoms with E-state index in [1.54, 1.807) is 0 Å². The summed E-state index contributed by atoms with van der Waals surface area (Å²) in [5.74, 6) is 0.529. The summed E-state index contributed by atoms with van der Waals surface area (Å²) in [7, 11) is 0. The molecule has 1 rings (SSSR count). The Morgan fingerprint density at radius 2 is 2.00 bits per heavy atom. The lowest BCUT2D eigenvalue weighted by Crippen LogP contribution is -2.35. The fraction of sp³-hybridized carbons (Fsp3) is 0.786. The Morgan fingerprint density at radius 1 is 1.35 bits per heavy atom. The first-order valence-electron chi connectivity index (χ1n) is 6.64. The third-order valence-electron chi connectivity index (χ3n) is 2.75. The smallest absolute Gasteiger partial charge is 0.0537 e. The molecule has 0 aliphatic carbocycles. The molecule has 1 aromatic rings. The normalized spacial score (nSPS) is 12.4. The summed E-state index contributed by atoms with van der Waals surface area (Å²) in [5, 5.41) is 8.04. The van der Waals surface area contributed by atoms with Gasteiger partial charge in [0.15, 0.2) is 0 Å². The molecule has 0 amide bonds. The second-order valence-electron chi connectivity index (χ2n) is 6.04. The number of hydrogen-bond acceptors (Lipinski definition) is 2. The second kappa shape index (κ2) is 5.67. The molecule has 0 saturated carbocycles. The molecule has 3 nitrogen and oxygen atoms in total. The summed E-state index contributed by atoms with van der Waals surface area (Å²) in [6.07, 6.45) is 3.15. The van der Waals surface area contributed by atoms with Gasteiger partial charge in [-0.05, 0) is 33.1 Å². The maximum absolute atomic E-state index is 4.50. The number of aryl methyl sites for hydroxylation is 1. The van der Waals surface area contributed by atoms with Crippen molar-refractivity contribution in [1.29, 1.82) is 0 Å². The van der Waals surface area contributed by atoms with Crippen LogP contribution < -0.4 is 5.32 Å². The van der Waals surface area contributed by atoms with Gasteiger partial charge >= 0.3 is 0 Å². The topological polar surface area (TPSA) is 29.9 Å². The highest BCUT2D eigenvalue weighted by molar-refractivity contribution is 5.21. The number of nitrogens with zero attached hydrogens (tertiary/aromatic N) is 2. The molecular weight excluding hydrogens is 210 g/mol. The lowest BCUT2D eigenvalue weighted by atomic mass is 10.0. The summed E-state index contributed by atoms with van der Waals surface area (Å²) in [5.41, 5.74) is 2.87. The highest BCUT2D eigenvalue weighted by atomic mass is 15.3. The molecule has 0 saturated heterocycles. The average molecular weight is 237 g/mol. The van der Waals surface area contributed by atoms with Crippen molar-refractivity contribution in [3.63, 3.8) is 0 Å². The fourth-order valence-electron chi connectivity index (χ4n) is 1.99. The molecule has 0 spiro atoms. The van der Waals surface area contributed by atoms with E-state index in [2.05, 4.69) is 56.6 Å². The molecule has 0 aromatic carbocycles. The van der Waals surface area contributed by atoms with Gasteiger partial charge in [-0.2, -0.15) is 5.10 Å². The van der Waals surface area contributed by atoms with Crippen LogP contribution in [-0.2, 0) is 13.1 Å². The third kappa shape index (κ3) is 4.15. The molecule has 3 heteroatoms. The predicted molar refractivity (Wildman–Crippen MR) is 73.2 cm³/mol. The van der Waals surface area contributed by atoms with Crippen molar-refractivity contribution in [1.82, 2.24) is 15.1 Å². The van der Waals surface area contributed by atoms with Crippen molar-refractivity contribution in [2.75, 3.05) is 0 Å². The molecule has 0 aliphatic heterocycles. The van der Waals surface area contributed by atoms with E-state index in [4.69, 9.17) is 0 Å². The largest absolute Gasteiger partial charge is 0.308 e. The fourth-order valence-corrected chi connectivity index (χ4v) is 1.99. The van der Waals surface area contributed by atoms with Crippen LogP contribution in [0.5, 0.6) is 0 Å². The minimum absolute atomic E-state index is 0.154. The van der Waals surface area contributed by atoms with E-state index in [-0.39, 0.29) is 5.54 Å². The van der Waals surface area contributed by atoms with Crippen LogP contribution in [0.25, 0.3) is 0 Å². The van der Waals surface area contributed by atoms with Crippen LogP contribution in [0.1, 0.15) is 65.1 Å². The molecule has 98 valence electrons. The molecule has 1 heterocycles. The van der Waals surface area contributed by atoms with Gasteiger partial charge in [0.1, 0.15) is 0 Å². The molecule has 0 radical (unpaired) electrons. The van der Waals surface area contributed by atoms with E-state index in [1.807, 2.05) is 6.20 Å². The quantitative estimate of drug-likeness (QED) is 0.851. The van der Waals surface area contributed by atoms with Gasteiger partial charge in [-0.15, -0.1) is 0 Å². The standard InChI is InChI=1S/C14H27N3/c1-7-8-17-13(11(2)3)12(10-16-17)9-15-14(4,5)6/h10-11,15H,7-9H2,1-6H3. The van der Waals surface area contributed by atoms with Gasteiger partial charge < -0.3 is 5.32 Å². The molecule has 0 aliphatic rings. The van der Waals surface area contributed by atoms with Crippen LogP contribution in [0.2, 0.25) is 0 Å². The summed E-state index contributed by atoms with van der Waals surface area (Å²) in [4.78, 5) is 0. The van der Waals surface area contributed by atoms with Crippen molar-refractivity contribution in [2.24, 2.45) is 0 Å². The zero-order chi connectivity index (χ0) is 13.1. The van der Waals surface area contributed by atoms with Crippen molar-refractivity contribution < 1.29 is 0 Å². The Morgan fingerprint density at radius 3 is 2.47 bits per heavy atom. The molecule has 0 unspecified atom stereocenters. The molecule has 1 N–H and O–H groups in total. The average Bonchev–Trinajstić information content (AvgIpc) is 2.57. The molecular formula is C14H27N3. The van der Waals surface area contributed by atoms with E-state index >= 15 is 0 Å². The van der Waals surface area contributed by atoms with Gasteiger partial charge in [0.2, 0.25) is 0 Å².